The minimum Gasteiger partial charge on any atom is -0.350 e. The van der Waals surface area contributed by atoms with Crippen LogP contribution in [0.2, 0.25) is 0 Å². The van der Waals surface area contributed by atoms with Gasteiger partial charge in [-0.3, -0.25) is 9.59 Å². The summed E-state index contributed by atoms with van der Waals surface area (Å²) < 4.78 is 0. The van der Waals surface area contributed by atoms with E-state index in [0.29, 0.717) is 23.2 Å². The Morgan fingerprint density at radius 2 is 1.80 bits per heavy atom. The molecule has 2 rings (SSSR count). The fourth-order valence-corrected chi connectivity index (χ4v) is 1.36. The van der Waals surface area contributed by atoms with Crippen LogP contribution in [0.25, 0.3) is 0 Å². The molecule has 0 radical (unpaired) electrons. The third-order valence-corrected chi connectivity index (χ3v) is 2.12. The number of hydrogen-bond donors (Lipinski definition) is 1. The molecule has 0 saturated carbocycles. The molecule has 0 atom stereocenters. The highest BCUT2D eigenvalue weighted by molar-refractivity contribution is 6.08. The molecule has 74 valence electrons. The number of aromatic nitrogens is 1. The lowest BCUT2D eigenvalue weighted by atomic mass is 10.1. The third kappa shape index (κ3) is 1.86. The van der Waals surface area contributed by atoms with Gasteiger partial charge in [-0.15, -0.1) is 0 Å². The van der Waals surface area contributed by atoms with Gasteiger partial charge in [0, 0.05) is 5.56 Å². The molecule has 3 nitrogen and oxygen atoms in total. The molecule has 0 fully saturated rings. The van der Waals surface area contributed by atoms with Crippen LogP contribution in [0.4, 0.5) is 0 Å². The molecule has 1 N–H and O–H groups in total. The Morgan fingerprint density at radius 1 is 1.07 bits per heavy atom. The van der Waals surface area contributed by atoms with Gasteiger partial charge in [0.15, 0.2) is 6.29 Å². The van der Waals surface area contributed by atoms with Crippen molar-refractivity contribution in [3.05, 3.63) is 59.4 Å². The summed E-state index contributed by atoms with van der Waals surface area (Å²) in [7, 11) is 0. The Bertz CT molecular complexity index is 485. The molecule has 0 aliphatic carbocycles. The second-order valence-electron chi connectivity index (χ2n) is 3.14. The van der Waals surface area contributed by atoms with Gasteiger partial charge in [0.05, 0.1) is 11.4 Å². The van der Waals surface area contributed by atoms with Crippen molar-refractivity contribution in [2.45, 2.75) is 0 Å². The monoisotopic (exact) mass is 199 g/mol. The van der Waals surface area contributed by atoms with Crippen LogP contribution in [-0.4, -0.2) is 17.1 Å². The summed E-state index contributed by atoms with van der Waals surface area (Å²) >= 11 is 0. The number of ketones is 1. The van der Waals surface area contributed by atoms with E-state index in [9.17, 15) is 9.59 Å². The van der Waals surface area contributed by atoms with Crippen molar-refractivity contribution in [1.82, 2.24) is 4.98 Å². The molecule has 0 amide bonds. The van der Waals surface area contributed by atoms with E-state index in [4.69, 9.17) is 0 Å². The highest BCUT2D eigenvalue weighted by Crippen LogP contribution is 2.08. The summed E-state index contributed by atoms with van der Waals surface area (Å²) in [6.45, 7) is 0. The molecule has 3 heteroatoms. The normalized spacial score (nSPS) is 9.87. The zero-order valence-electron chi connectivity index (χ0n) is 7.94. The van der Waals surface area contributed by atoms with E-state index in [1.165, 1.54) is 0 Å². The first-order chi connectivity index (χ1) is 7.31. The van der Waals surface area contributed by atoms with Crippen molar-refractivity contribution >= 4 is 12.1 Å². The summed E-state index contributed by atoms with van der Waals surface area (Å²) in [6, 6.07) is 12.1. The minimum absolute atomic E-state index is 0.108. The number of carbonyl (C=O) groups excluding carboxylic acids is 2. The van der Waals surface area contributed by atoms with Crippen molar-refractivity contribution in [3.8, 4) is 0 Å². The lowest BCUT2D eigenvalue weighted by molar-refractivity contribution is 0.103. The van der Waals surface area contributed by atoms with Gasteiger partial charge in [0.2, 0.25) is 5.78 Å². The SMILES string of the molecule is O=Cc1ccc(C(=O)c2ccccc2)[nH]1. The van der Waals surface area contributed by atoms with Crippen molar-refractivity contribution < 1.29 is 9.59 Å². The minimum atomic E-state index is -0.108. The van der Waals surface area contributed by atoms with E-state index in [0.717, 1.165) is 0 Å². The molecule has 2 aromatic rings. The maximum Gasteiger partial charge on any atom is 0.209 e. The Hall–Kier alpha value is -2.16. The smallest absolute Gasteiger partial charge is 0.209 e. The van der Waals surface area contributed by atoms with Gasteiger partial charge in [-0.1, -0.05) is 30.3 Å². The molecular formula is C12H9NO2. The van der Waals surface area contributed by atoms with Crippen molar-refractivity contribution in [2.75, 3.05) is 0 Å². The summed E-state index contributed by atoms with van der Waals surface area (Å²) in [5, 5.41) is 0. The van der Waals surface area contributed by atoms with E-state index in [2.05, 4.69) is 4.98 Å². The van der Waals surface area contributed by atoms with E-state index in [1.54, 1.807) is 36.4 Å². The molecule has 0 unspecified atom stereocenters. The largest absolute Gasteiger partial charge is 0.350 e. The molecule has 1 aromatic heterocycles. The molecule has 0 aliphatic heterocycles. The summed E-state index contributed by atoms with van der Waals surface area (Å²) in [5.74, 6) is -0.108. The maximum atomic E-state index is 11.8. The predicted octanol–water partition coefficient (Wildman–Crippen LogP) is 2.06. The standard InChI is InChI=1S/C12H9NO2/c14-8-10-6-7-11(13-10)12(15)9-4-2-1-3-5-9/h1-8,13H. The Morgan fingerprint density at radius 3 is 2.40 bits per heavy atom. The van der Waals surface area contributed by atoms with Crippen molar-refractivity contribution in [2.24, 2.45) is 0 Å². The van der Waals surface area contributed by atoms with Crippen LogP contribution in [0.5, 0.6) is 0 Å². The number of aldehydes is 1. The quantitative estimate of drug-likeness (QED) is 0.607. The second kappa shape index (κ2) is 3.92. The number of rotatable bonds is 3. The zero-order valence-corrected chi connectivity index (χ0v) is 7.94. The van der Waals surface area contributed by atoms with Crippen molar-refractivity contribution in [1.29, 1.82) is 0 Å². The van der Waals surface area contributed by atoms with Crippen LogP contribution in [0.15, 0.2) is 42.5 Å². The van der Waals surface area contributed by atoms with Gasteiger partial charge in [0.1, 0.15) is 0 Å². The number of H-pyrrole nitrogens is 1. The van der Waals surface area contributed by atoms with Crippen LogP contribution in [0.3, 0.4) is 0 Å². The van der Waals surface area contributed by atoms with E-state index in [-0.39, 0.29) is 5.78 Å². The van der Waals surface area contributed by atoms with Crippen LogP contribution in [0, 0.1) is 0 Å². The average Bonchev–Trinajstić information content (AvgIpc) is 2.78. The first-order valence-electron chi connectivity index (χ1n) is 4.55. The molecular weight excluding hydrogens is 190 g/mol. The maximum absolute atomic E-state index is 11.8. The highest BCUT2D eigenvalue weighted by atomic mass is 16.1. The lowest BCUT2D eigenvalue weighted by Gasteiger charge is -1.96. The summed E-state index contributed by atoms with van der Waals surface area (Å²) in [6.07, 6.45) is 0.682. The molecule has 0 saturated heterocycles. The molecule has 1 aromatic carbocycles. The number of benzene rings is 1. The Labute approximate surface area is 86.8 Å². The third-order valence-electron chi connectivity index (χ3n) is 2.12. The first-order valence-corrected chi connectivity index (χ1v) is 4.55. The topological polar surface area (TPSA) is 49.9 Å². The van der Waals surface area contributed by atoms with Crippen LogP contribution in [0.1, 0.15) is 26.5 Å². The van der Waals surface area contributed by atoms with Gasteiger partial charge in [-0.25, -0.2) is 0 Å². The van der Waals surface area contributed by atoms with Crippen LogP contribution in [-0.2, 0) is 0 Å². The predicted molar refractivity (Wildman–Crippen MR) is 56.1 cm³/mol. The number of nitrogens with one attached hydrogen (secondary N) is 1. The van der Waals surface area contributed by atoms with Gasteiger partial charge >= 0.3 is 0 Å². The summed E-state index contributed by atoms with van der Waals surface area (Å²) in [4.78, 5) is 25.0. The molecule has 0 spiro atoms. The molecule has 1 heterocycles. The number of hydrogen-bond acceptors (Lipinski definition) is 2. The van der Waals surface area contributed by atoms with Gasteiger partial charge in [-0.2, -0.15) is 0 Å². The van der Waals surface area contributed by atoms with Crippen molar-refractivity contribution in [3.63, 3.8) is 0 Å². The van der Waals surface area contributed by atoms with E-state index < -0.39 is 0 Å². The zero-order chi connectivity index (χ0) is 10.7. The Kier molecular flexibility index (Phi) is 2.46. The number of aromatic amines is 1. The number of carbonyl (C=O) groups is 2. The molecule has 0 bridgehead atoms. The highest BCUT2D eigenvalue weighted by Gasteiger charge is 2.09. The Balaban J connectivity index is 2.32. The van der Waals surface area contributed by atoms with E-state index >= 15 is 0 Å². The second-order valence-corrected chi connectivity index (χ2v) is 3.14. The van der Waals surface area contributed by atoms with Gasteiger partial charge in [0.25, 0.3) is 0 Å². The first kappa shape index (κ1) is 9.40. The molecule has 0 aliphatic rings. The fourth-order valence-electron chi connectivity index (χ4n) is 1.36. The van der Waals surface area contributed by atoms with E-state index in [1.807, 2.05) is 6.07 Å². The van der Waals surface area contributed by atoms with Crippen LogP contribution >= 0.6 is 0 Å². The molecule has 15 heavy (non-hydrogen) atoms. The van der Waals surface area contributed by atoms with Crippen LogP contribution < -0.4 is 0 Å². The lowest BCUT2D eigenvalue weighted by Crippen LogP contribution is -2.01. The van der Waals surface area contributed by atoms with Gasteiger partial charge in [-0.05, 0) is 12.1 Å². The summed E-state index contributed by atoms with van der Waals surface area (Å²) in [5.41, 5.74) is 1.45. The van der Waals surface area contributed by atoms with Gasteiger partial charge < -0.3 is 4.98 Å². The average molecular weight is 199 g/mol. The fraction of sp³-hybridized carbons (Fsp3) is 0.